The Morgan fingerprint density at radius 3 is 2.47 bits per heavy atom. The Morgan fingerprint density at radius 2 is 1.79 bits per heavy atom. The summed E-state index contributed by atoms with van der Waals surface area (Å²) >= 11 is 12.1. The highest BCUT2D eigenvalue weighted by atomic mass is 35.5. The highest BCUT2D eigenvalue weighted by Crippen LogP contribution is 2.41. The lowest BCUT2D eigenvalue weighted by Crippen LogP contribution is -2.13. The number of methoxy groups -OCH3 is 1. The minimum Gasteiger partial charge on any atom is -0.505 e. The van der Waals surface area contributed by atoms with Crippen molar-refractivity contribution < 1.29 is 27.6 Å². The van der Waals surface area contributed by atoms with Gasteiger partial charge in [-0.15, -0.1) is 5.11 Å². The number of azo groups is 1. The van der Waals surface area contributed by atoms with Crippen LogP contribution in [0.2, 0.25) is 10.0 Å². The van der Waals surface area contributed by atoms with Gasteiger partial charge in [0.2, 0.25) is 0 Å². The molecule has 0 fully saturated rings. The number of benzene rings is 4. The number of aromatic hydroxyl groups is 1. The van der Waals surface area contributed by atoms with Crippen molar-refractivity contribution in [3.05, 3.63) is 81.8 Å². The van der Waals surface area contributed by atoms with Crippen molar-refractivity contribution in [1.82, 2.24) is 0 Å². The number of hydrogen-bond donors (Lipinski definition) is 3. The first-order chi connectivity index (χ1) is 18.0. The standard InChI is InChI=1S/C26H21Cl2N3O6S/c1-3-16-20(10-9-19(28)25(16)38(34,35)36)30-31-23-17-7-5-4-6-14(17)12-18(24(23)32)26(33)29-21-13-15(27)8-11-22(21)37-2/h4-13,32H,3H2,1-2H3,(H,29,33)(H,34,35,36). The van der Waals surface area contributed by atoms with Gasteiger partial charge in [0.25, 0.3) is 16.0 Å². The van der Waals surface area contributed by atoms with E-state index in [1.807, 2.05) is 0 Å². The van der Waals surface area contributed by atoms with Crippen LogP contribution in [0.15, 0.2) is 75.8 Å². The minimum atomic E-state index is -4.64. The van der Waals surface area contributed by atoms with Crippen LogP contribution in [-0.4, -0.2) is 31.1 Å². The summed E-state index contributed by atoms with van der Waals surface area (Å²) in [5, 5.41) is 23.5. The van der Waals surface area contributed by atoms with Crippen LogP contribution in [0.4, 0.5) is 17.1 Å². The number of nitrogens with one attached hydrogen (secondary N) is 1. The van der Waals surface area contributed by atoms with Gasteiger partial charge in [0.1, 0.15) is 16.3 Å². The van der Waals surface area contributed by atoms with Crippen molar-refractivity contribution in [3.63, 3.8) is 0 Å². The zero-order valence-electron chi connectivity index (χ0n) is 20.1. The highest BCUT2D eigenvalue weighted by Gasteiger charge is 2.23. The SMILES string of the molecule is CCc1c(N=Nc2c(O)c(C(=O)Nc3cc(Cl)ccc3OC)cc3ccccc23)ccc(Cl)c1S(=O)(=O)O. The molecule has 0 bridgehead atoms. The molecule has 4 aromatic rings. The van der Waals surface area contributed by atoms with Crippen LogP contribution in [0, 0.1) is 0 Å². The molecule has 4 rings (SSSR count). The fraction of sp³-hybridized carbons (Fsp3) is 0.115. The van der Waals surface area contributed by atoms with E-state index in [0.717, 1.165) is 0 Å². The molecule has 0 aliphatic heterocycles. The number of phenols is 1. The molecule has 0 saturated carbocycles. The van der Waals surface area contributed by atoms with Crippen LogP contribution in [0.1, 0.15) is 22.8 Å². The van der Waals surface area contributed by atoms with E-state index >= 15 is 0 Å². The lowest BCUT2D eigenvalue weighted by atomic mass is 10.0. The van der Waals surface area contributed by atoms with Crippen molar-refractivity contribution in [3.8, 4) is 11.5 Å². The second-order valence-corrected chi connectivity index (χ2v) is 10.2. The first kappa shape index (κ1) is 27.3. The van der Waals surface area contributed by atoms with Gasteiger partial charge >= 0.3 is 0 Å². The van der Waals surface area contributed by atoms with Crippen LogP contribution < -0.4 is 10.1 Å². The summed E-state index contributed by atoms with van der Waals surface area (Å²) in [7, 11) is -3.19. The van der Waals surface area contributed by atoms with Gasteiger partial charge in [-0.25, -0.2) is 0 Å². The van der Waals surface area contributed by atoms with E-state index in [-0.39, 0.29) is 33.9 Å². The Morgan fingerprint density at radius 1 is 1.05 bits per heavy atom. The van der Waals surface area contributed by atoms with Gasteiger partial charge in [-0.2, -0.15) is 13.5 Å². The Balaban J connectivity index is 1.84. The second kappa shape index (κ2) is 11.0. The molecule has 1 amide bonds. The third kappa shape index (κ3) is 5.44. The van der Waals surface area contributed by atoms with Crippen molar-refractivity contribution >= 4 is 67.1 Å². The molecule has 38 heavy (non-hydrogen) atoms. The van der Waals surface area contributed by atoms with Gasteiger partial charge in [0.05, 0.1) is 29.1 Å². The zero-order chi connectivity index (χ0) is 27.6. The van der Waals surface area contributed by atoms with Crippen LogP contribution in [0.3, 0.4) is 0 Å². The largest absolute Gasteiger partial charge is 0.505 e. The van der Waals surface area contributed by atoms with Crippen LogP contribution in [0.25, 0.3) is 10.8 Å². The number of halogens is 2. The average Bonchev–Trinajstić information content (AvgIpc) is 2.87. The number of nitrogens with zero attached hydrogens (tertiary/aromatic N) is 2. The third-order valence-electron chi connectivity index (χ3n) is 5.71. The normalized spacial score (nSPS) is 11.7. The predicted molar refractivity (Wildman–Crippen MR) is 146 cm³/mol. The molecule has 0 aromatic heterocycles. The molecule has 4 aromatic carbocycles. The van der Waals surface area contributed by atoms with Gasteiger partial charge in [-0.05, 0) is 48.2 Å². The maximum atomic E-state index is 13.2. The molecule has 0 aliphatic rings. The fourth-order valence-electron chi connectivity index (χ4n) is 3.97. The summed E-state index contributed by atoms with van der Waals surface area (Å²) in [6.45, 7) is 1.67. The van der Waals surface area contributed by atoms with E-state index < -0.39 is 26.7 Å². The number of phenolic OH excluding ortho intramolecular Hbond substituents is 1. The Hall–Kier alpha value is -3.70. The summed E-state index contributed by atoms with van der Waals surface area (Å²) in [6, 6.07) is 15.9. The van der Waals surface area contributed by atoms with E-state index in [4.69, 9.17) is 27.9 Å². The molecule has 0 atom stereocenters. The first-order valence-corrected chi connectivity index (χ1v) is 13.3. The Kier molecular flexibility index (Phi) is 7.89. The molecular weight excluding hydrogens is 553 g/mol. The molecule has 0 saturated heterocycles. The number of amides is 1. The van der Waals surface area contributed by atoms with Crippen LogP contribution >= 0.6 is 23.2 Å². The summed E-state index contributed by atoms with van der Waals surface area (Å²) < 4.78 is 38.8. The van der Waals surface area contributed by atoms with E-state index in [9.17, 15) is 22.9 Å². The number of fused-ring (bicyclic) bond motifs is 1. The lowest BCUT2D eigenvalue weighted by molar-refractivity contribution is 0.102. The van der Waals surface area contributed by atoms with Crippen molar-refractivity contribution in [2.75, 3.05) is 12.4 Å². The average molecular weight is 574 g/mol. The molecule has 0 radical (unpaired) electrons. The topological polar surface area (TPSA) is 138 Å². The number of hydrogen-bond acceptors (Lipinski definition) is 7. The monoisotopic (exact) mass is 573 g/mol. The van der Waals surface area contributed by atoms with Crippen LogP contribution in [-0.2, 0) is 16.5 Å². The van der Waals surface area contributed by atoms with Crippen molar-refractivity contribution in [1.29, 1.82) is 0 Å². The maximum absolute atomic E-state index is 13.2. The number of rotatable bonds is 7. The quantitative estimate of drug-likeness (QED) is 0.156. The predicted octanol–water partition coefficient (Wildman–Crippen LogP) is 7.34. The third-order valence-corrected chi connectivity index (χ3v) is 7.35. The molecular formula is C26H21Cl2N3O6S. The molecule has 0 spiro atoms. The lowest BCUT2D eigenvalue weighted by Gasteiger charge is -2.13. The van der Waals surface area contributed by atoms with Crippen molar-refractivity contribution in [2.24, 2.45) is 10.2 Å². The van der Waals surface area contributed by atoms with Gasteiger partial charge in [0.15, 0.2) is 5.75 Å². The van der Waals surface area contributed by atoms with E-state index in [1.165, 1.54) is 31.4 Å². The molecule has 3 N–H and O–H groups in total. The maximum Gasteiger partial charge on any atom is 0.296 e. The summed E-state index contributed by atoms with van der Waals surface area (Å²) in [4.78, 5) is 12.8. The number of carbonyl (C=O) groups is 1. The van der Waals surface area contributed by atoms with E-state index in [0.29, 0.717) is 27.2 Å². The van der Waals surface area contributed by atoms with Crippen LogP contribution in [0.5, 0.6) is 11.5 Å². The van der Waals surface area contributed by atoms with E-state index in [1.54, 1.807) is 43.3 Å². The molecule has 9 nitrogen and oxygen atoms in total. The highest BCUT2D eigenvalue weighted by molar-refractivity contribution is 7.86. The zero-order valence-corrected chi connectivity index (χ0v) is 22.4. The molecule has 196 valence electrons. The Bertz CT molecular complexity index is 1710. The van der Waals surface area contributed by atoms with Gasteiger partial charge in [-0.3, -0.25) is 9.35 Å². The summed E-state index contributed by atoms with van der Waals surface area (Å²) in [5.41, 5.74) is 0.454. The number of ether oxygens (including phenoxy) is 1. The molecule has 0 unspecified atom stereocenters. The smallest absolute Gasteiger partial charge is 0.296 e. The molecule has 12 heteroatoms. The Labute approximate surface area is 228 Å². The van der Waals surface area contributed by atoms with Gasteiger partial charge in [0, 0.05) is 16.0 Å². The fourth-order valence-corrected chi connectivity index (χ4v) is 5.48. The summed E-state index contributed by atoms with van der Waals surface area (Å²) in [6.07, 6.45) is 0.167. The minimum absolute atomic E-state index is 0.0169. The molecule has 0 aliphatic carbocycles. The van der Waals surface area contributed by atoms with Gasteiger partial charge < -0.3 is 15.2 Å². The molecule has 0 heterocycles. The van der Waals surface area contributed by atoms with Crippen molar-refractivity contribution in [2.45, 2.75) is 18.2 Å². The van der Waals surface area contributed by atoms with E-state index in [2.05, 4.69) is 15.5 Å². The number of anilines is 1. The van der Waals surface area contributed by atoms with Gasteiger partial charge in [-0.1, -0.05) is 54.4 Å². The first-order valence-electron chi connectivity index (χ1n) is 11.1. The second-order valence-electron chi connectivity index (χ2n) is 8.04. The number of carbonyl (C=O) groups excluding carboxylic acids is 1. The summed E-state index contributed by atoms with van der Waals surface area (Å²) in [5.74, 6) is -0.736.